The lowest BCUT2D eigenvalue weighted by atomic mass is 9.92. The zero-order valence-electron chi connectivity index (χ0n) is 11.9. The molecule has 0 aliphatic carbocycles. The van der Waals surface area contributed by atoms with Gasteiger partial charge in [-0.25, -0.2) is 4.39 Å². The molecule has 2 aromatic carbocycles. The second-order valence-corrected chi connectivity index (χ2v) is 5.14. The molecule has 0 saturated heterocycles. The molecule has 2 nitrogen and oxygen atoms in total. The normalized spacial score (nSPS) is 10.7. The Balaban J connectivity index is 2.40. The summed E-state index contributed by atoms with van der Waals surface area (Å²) in [5.41, 5.74) is 3.69. The molecule has 0 fully saturated rings. The fourth-order valence-corrected chi connectivity index (χ4v) is 2.22. The fraction of sp³-hybridized carbons (Fsp3) is 0.235. The van der Waals surface area contributed by atoms with Gasteiger partial charge < -0.3 is 5.32 Å². The molecular formula is C17H18FNO. The SMILES string of the molecule is CC(=O)Nc1ccc(-c2cc(F)ccc2C(C)C)cc1. The minimum absolute atomic E-state index is 0.105. The molecule has 20 heavy (non-hydrogen) atoms. The van der Waals surface area contributed by atoms with Crippen LogP contribution in [0.3, 0.4) is 0 Å². The van der Waals surface area contributed by atoms with Crippen LogP contribution in [0.15, 0.2) is 42.5 Å². The van der Waals surface area contributed by atoms with Crippen molar-refractivity contribution in [2.75, 3.05) is 5.32 Å². The lowest BCUT2D eigenvalue weighted by Crippen LogP contribution is -2.05. The summed E-state index contributed by atoms with van der Waals surface area (Å²) in [5.74, 6) is -0.0256. The molecule has 1 N–H and O–H groups in total. The maximum absolute atomic E-state index is 13.5. The summed E-state index contributed by atoms with van der Waals surface area (Å²) in [5, 5.41) is 2.72. The molecule has 0 radical (unpaired) electrons. The number of hydrogen-bond acceptors (Lipinski definition) is 1. The van der Waals surface area contributed by atoms with Crippen molar-refractivity contribution in [2.24, 2.45) is 0 Å². The minimum Gasteiger partial charge on any atom is -0.326 e. The monoisotopic (exact) mass is 271 g/mol. The molecule has 0 heterocycles. The molecule has 104 valence electrons. The second-order valence-electron chi connectivity index (χ2n) is 5.14. The number of benzene rings is 2. The molecule has 0 saturated carbocycles. The second kappa shape index (κ2) is 5.87. The third kappa shape index (κ3) is 3.23. The first kappa shape index (κ1) is 14.3. The van der Waals surface area contributed by atoms with E-state index < -0.39 is 0 Å². The number of rotatable bonds is 3. The summed E-state index contributed by atoms with van der Waals surface area (Å²) in [7, 11) is 0. The number of carbonyl (C=O) groups excluding carboxylic acids is 1. The first-order valence-corrected chi connectivity index (χ1v) is 6.65. The van der Waals surface area contributed by atoms with Gasteiger partial charge in [-0.3, -0.25) is 4.79 Å². The van der Waals surface area contributed by atoms with Crippen LogP contribution in [-0.4, -0.2) is 5.91 Å². The smallest absolute Gasteiger partial charge is 0.221 e. The molecule has 2 aromatic rings. The molecular weight excluding hydrogens is 253 g/mol. The zero-order chi connectivity index (χ0) is 14.7. The van der Waals surface area contributed by atoms with Crippen LogP contribution in [0, 0.1) is 5.82 Å². The van der Waals surface area contributed by atoms with E-state index in [2.05, 4.69) is 19.2 Å². The lowest BCUT2D eigenvalue weighted by Gasteiger charge is -2.13. The third-order valence-corrected chi connectivity index (χ3v) is 3.15. The number of nitrogens with one attached hydrogen (secondary N) is 1. The van der Waals surface area contributed by atoms with E-state index in [9.17, 15) is 9.18 Å². The maximum atomic E-state index is 13.5. The van der Waals surface area contributed by atoms with Gasteiger partial charge in [0.1, 0.15) is 5.82 Å². The van der Waals surface area contributed by atoms with E-state index in [0.29, 0.717) is 5.92 Å². The van der Waals surface area contributed by atoms with Crippen LogP contribution in [0.4, 0.5) is 10.1 Å². The van der Waals surface area contributed by atoms with Gasteiger partial charge in [0, 0.05) is 12.6 Å². The van der Waals surface area contributed by atoms with Crippen LogP contribution in [0.25, 0.3) is 11.1 Å². The summed E-state index contributed by atoms with van der Waals surface area (Å²) < 4.78 is 13.5. The van der Waals surface area contributed by atoms with E-state index in [1.165, 1.54) is 13.0 Å². The first-order chi connectivity index (χ1) is 9.47. The summed E-state index contributed by atoms with van der Waals surface area (Å²) in [6, 6.07) is 12.3. The van der Waals surface area contributed by atoms with E-state index in [4.69, 9.17) is 0 Å². The average molecular weight is 271 g/mol. The highest BCUT2D eigenvalue weighted by Gasteiger charge is 2.10. The van der Waals surface area contributed by atoms with Crippen LogP contribution in [-0.2, 0) is 4.79 Å². The van der Waals surface area contributed by atoms with Crippen LogP contribution in [0.5, 0.6) is 0 Å². The summed E-state index contributed by atoms with van der Waals surface area (Å²) in [6.07, 6.45) is 0. The van der Waals surface area contributed by atoms with Crippen molar-refractivity contribution in [2.45, 2.75) is 26.7 Å². The Labute approximate surface area is 118 Å². The standard InChI is InChI=1S/C17H18FNO/c1-11(2)16-9-6-14(18)10-17(16)13-4-7-15(8-5-13)19-12(3)20/h4-11H,1-3H3,(H,19,20). The number of halogens is 1. The van der Waals surface area contributed by atoms with Crippen molar-refractivity contribution in [3.05, 3.63) is 53.8 Å². The van der Waals surface area contributed by atoms with Gasteiger partial charge in [-0.05, 0) is 46.9 Å². The molecule has 0 aliphatic rings. The van der Waals surface area contributed by atoms with Gasteiger partial charge in [0.2, 0.25) is 5.91 Å². The Kier molecular flexibility index (Phi) is 4.18. The zero-order valence-corrected chi connectivity index (χ0v) is 11.9. The molecule has 0 unspecified atom stereocenters. The molecule has 1 amide bonds. The highest BCUT2D eigenvalue weighted by atomic mass is 19.1. The van der Waals surface area contributed by atoms with Crippen molar-refractivity contribution in [1.29, 1.82) is 0 Å². The number of hydrogen-bond donors (Lipinski definition) is 1. The molecule has 0 aromatic heterocycles. The predicted molar refractivity (Wildman–Crippen MR) is 80.2 cm³/mol. The Morgan fingerprint density at radius 1 is 1.10 bits per heavy atom. The minimum atomic E-state index is -0.240. The lowest BCUT2D eigenvalue weighted by molar-refractivity contribution is -0.114. The van der Waals surface area contributed by atoms with E-state index in [-0.39, 0.29) is 11.7 Å². The number of carbonyl (C=O) groups is 1. The molecule has 0 bridgehead atoms. The number of anilines is 1. The van der Waals surface area contributed by atoms with Crippen molar-refractivity contribution >= 4 is 11.6 Å². The quantitative estimate of drug-likeness (QED) is 0.870. The van der Waals surface area contributed by atoms with Crippen molar-refractivity contribution in [1.82, 2.24) is 0 Å². The Morgan fingerprint density at radius 3 is 2.30 bits per heavy atom. The van der Waals surface area contributed by atoms with Crippen LogP contribution < -0.4 is 5.32 Å². The molecule has 0 spiro atoms. The van der Waals surface area contributed by atoms with Crippen LogP contribution >= 0.6 is 0 Å². The Morgan fingerprint density at radius 2 is 1.75 bits per heavy atom. The highest BCUT2D eigenvalue weighted by molar-refractivity contribution is 5.89. The largest absolute Gasteiger partial charge is 0.326 e. The van der Waals surface area contributed by atoms with E-state index >= 15 is 0 Å². The molecule has 0 atom stereocenters. The summed E-state index contributed by atoms with van der Waals surface area (Å²) >= 11 is 0. The molecule has 3 heteroatoms. The number of amides is 1. The van der Waals surface area contributed by atoms with E-state index in [1.807, 2.05) is 30.3 Å². The van der Waals surface area contributed by atoms with Gasteiger partial charge in [0.15, 0.2) is 0 Å². The van der Waals surface area contributed by atoms with E-state index in [0.717, 1.165) is 22.4 Å². The van der Waals surface area contributed by atoms with Gasteiger partial charge in [-0.1, -0.05) is 32.0 Å². The highest BCUT2D eigenvalue weighted by Crippen LogP contribution is 2.30. The van der Waals surface area contributed by atoms with Gasteiger partial charge in [0.05, 0.1) is 0 Å². The van der Waals surface area contributed by atoms with Crippen molar-refractivity contribution in [3.63, 3.8) is 0 Å². The van der Waals surface area contributed by atoms with Gasteiger partial charge >= 0.3 is 0 Å². The Bertz CT molecular complexity index is 617. The van der Waals surface area contributed by atoms with Gasteiger partial charge in [0.25, 0.3) is 0 Å². The first-order valence-electron chi connectivity index (χ1n) is 6.65. The predicted octanol–water partition coefficient (Wildman–Crippen LogP) is 4.57. The van der Waals surface area contributed by atoms with E-state index in [1.54, 1.807) is 6.07 Å². The van der Waals surface area contributed by atoms with Crippen molar-refractivity contribution in [3.8, 4) is 11.1 Å². The van der Waals surface area contributed by atoms with Crippen LogP contribution in [0.2, 0.25) is 0 Å². The fourth-order valence-electron chi connectivity index (χ4n) is 2.22. The van der Waals surface area contributed by atoms with Gasteiger partial charge in [-0.2, -0.15) is 0 Å². The van der Waals surface area contributed by atoms with Gasteiger partial charge in [-0.15, -0.1) is 0 Å². The summed E-state index contributed by atoms with van der Waals surface area (Å²) in [6.45, 7) is 5.64. The third-order valence-electron chi connectivity index (χ3n) is 3.15. The topological polar surface area (TPSA) is 29.1 Å². The molecule has 2 rings (SSSR count). The summed E-state index contributed by atoms with van der Waals surface area (Å²) in [4.78, 5) is 11.0. The van der Waals surface area contributed by atoms with Crippen molar-refractivity contribution < 1.29 is 9.18 Å². The average Bonchev–Trinajstić information content (AvgIpc) is 2.38. The Hall–Kier alpha value is -2.16. The van der Waals surface area contributed by atoms with Crippen LogP contribution in [0.1, 0.15) is 32.3 Å². The maximum Gasteiger partial charge on any atom is 0.221 e. The molecule has 0 aliphatic heterocycles.